The molecular weight excluding hydrogens is 534 g/mol. The van der Waals surface area contributed by atoms with Gasteiger partial charge >= 0.3 is 0 Å². The Hall–Kier alpha value is -3.36. The number of aryl methyl sites for hydroxylation is 1. The second-order valence-electron chi connectivity index (χ2n) is 9.52. The minimum atomic E-state index is -4.09. The molecule has 0 saturated carbocycles. The molecule has 0 radical (unpaired) electrons. The van der Waals surface area contributed by atoms with E-state index >= 15 is 0 Å². The number of carbonyl (C=O) groups is 2. The van der Waals surface area contributed by atoms with Gasteiger partial charge < -0.3 is 10.2 Å². The largest absolute Gasteiger partial charge is 0.352 e. The maximum atomic E-state index is 14.0. The van der Waals surface area contributed by atoms with Crippen LogP contribution in [0.1, 0.15) is 44.7 Å². The molecule has 3 aromatic carbocycles. The van der Waals surface area contributed by atoms with Crippen LogP contribution in [0.3, 0.4) is 0 Å². The van der Waals surface area contributed by atoms with E-state index in [4.69, 9.17) is 11.6 Å². The highest BCUT2D eigenvalue weighted by molar-refractivity contribution is 7.92. The molecule has 2 unspecified atom stereocenters. The number of nitrogens with zero attached hydrogens (tertiary/aromatic N) is 2. The summed E-state index contributed by atoms with van der Waals surface area (Å²) in [5.74, 6) is -0.804. The first-order valence-corrected chi connectivity index (χ1v) is 14.9. The van der Waals surface area contributed by atoms with E-state index in [2.05, 4.69) is 5.32 Å². The first kappa shape index (κ1) is 30.2. The Morgan fingerprint density at radius 2 is 1.51 bits per heavy atom. The van der Waals surface area contributed by atoms with Crippen molar-refractivity contribution in [2.24, 2.45) is 0 Å². The molecule has 0 aliphatic heterocycles. The van der Waals surface area contributed by atoms with Crippen LogP contribution in [0, 0.1) is 6.92 Å². The molecule has 1 N–H and O–H groups in total. The summed E-state index contributed by atoms with van der Waals surface area (Å²) in [6.07, 6.45) is 1.07. The van der Waals surface area contributed by atoms with Crippen LogP contribution in [-0.2, 0) is 26.2 Å². The zero-order valence-corrected chi connectivity index (χ0v) is 24.4. The summed E-state index contributed by atoms with van der Waals surface area (Å²) in [5.41, 5.74) is 1.97. The lowest BCUT2D eigenvalue weighted by Gasteiger charge is -2.34. The molecule has 3 aromatic rings. The molecule has 0 spiro atoms. The molecule has 0 aliphatic carbocycles. The lowest BCUT2D eigenvalue weighted by Crippen LogP contribution is -2.53. The third-order valence-electron chi connectivity index (χ3n) is 6.62. The number of anilines is 1. The lowest BCUT2D eigenvalue weighted by molar-refractivity contribution is -0.140. The first-order chi connectivity index (χ1) is 18.6. The third-order valence-corrected chi connectivity index (χ3v) is 8.77. The molecule has 9 heteroatoms. The molecule has 0 aliphatic rings. The number of benzene rings is 3. The van der Waals surface area contributed by atoms with Crippen LogP contribution in [-0.4, -0.2) is 43.8 Å². The highest BCUT2D eigenvalue weighted by atomic mass is 35.5. The normalized spacial score (nSPS) is 12.8. The molecule has 2 amide bonds. The van der Waals surface area contributed by atoms with Gasteiger partial charge in [-0.2, -0.15) is 0 Å². The molecule has 0 heterocycles. The Bertz CT molecular complexity index is 1360. The first-order valence-electron chi connectivity index (χ1n) is 13.1. The molecular formula is C30H36ClN3O4S. The van der Waals surface area contributed by atoms with E-state index in [1.807, 2.05) is 33.8 Å². The van der Waals surface area contributed by atoms with Crippen molar-refractivity contribution in [2.75, 3.05) is 10.8 Å². The number of amides is 2. The smallest absolute Gasteiger partial charge is 0.264 e. The van der Waals surface area contributed by atoms with Crippen molar-refractivity contribution in [3.8, 4) is 0 Å². The molecule has 0 saturated heterocycles. The summed E-state index contributed by atoms with van der Waals surface area (Å²) in [6, 6.07) is 21.2. The summed E-state index contributed by atoms with van der Waals surface area (Å²) in [5, 5.41) is 3.42. The van der Waals surface area contributed by atoms with E-state index in [1.54, 1.807) is 60.7 Å². The van der Waals surface area contributed by atoms with Gasteiger partial charge in [-0.15, -0.1) is 0 Å². The van der Waals surface area contributed by atoms with E-state index in [9.17, 15) is 18.0 Å². The predicted octanol–water partition coefficient (Wildman–Crippen LogP) is 5.57. The molecule has 3 rings (SSSR count). The number of hydrogen-bond acceptors (Lipinski definition) is 4. The van der Waals surface area contributed by atoms with Crippen molar-refractivity contribution in [2.45, 2.75) is 64.1 Å². The second kappa shape index (κ2) is 13.6. The Labute approximate surface area is 236 Å². The van der Waals surface area contributed by atoms with Gasteiger partial charge in [-0.3, -0.25) is 13.9 Å². The van der Waals surface area contributed by atoms with Gasteiger partial charge in [-0.05, 0) is 62.6 Å². The van der Waals surface area contributed by atoms with Crippen LogP contribution in [0.25, 0.3) is 0 Å². The maximum Gasteiger partial charge on any atom is 0.264 e. The van der Waals surface area contributed by atoms with Gasteiger partial charge in [0.1, 0.15) is 12.6 Å². The lowest BCUT2D eigenvalue weighted by atomic mass is 10.1. The van der Waals surface area contributed by atoms with Crippen molar-refractivity contribution >= 4 is 39.1 Å². The Morgan fingerprint density at radius 1 is 0.897 bits per heavy atom. The van der Waals surface area contributed by atoms with E-state index in [1.165, 1.54) is 17.0 Å². The average molecular weight is 570 g/mol. The van der Waals surface area contributed by atoms with Gasteiger partial charge in [0.05, 0.1) is 10.6 Å². The zero-order valence-electron chi connectivity index (χ0n) is 22.8. The summed E-state index contributed by atoms with van der Waals surface area (Å²) in [4.78, 5) is 28.8. The van der Waals surface area contributed by atoms with Gasteiger partial charge in [0.25, 0.3) is 10.0 Å². The number of carbonyl (C=O) groups excluding carboxylic acids is 2. The number of halogens is 1. The number of nitrogens with one attached hydrogen (secondary N) is 1. The predicted molar refractivity (Wildman–Crippen MR) is 156 cm³/mol. The van der Waals surface area contributed by atoms with E-state index in [-0.39, 0.29) is 23.4 Å². The fourth-order valence-corrected chi connectivity index (χ4v) is 5.76. The van der Waals surface area contributed by atoms with Gasteiger partial charge in [0, 0.05) is 17.6 Å². The Balaban J connectivity index is 2.05. The number of rotatable bonds is 12. The van der Waals surface area contributed by atoms with Crippen LogP contribution in [0.5, 0.6) is 0 Å². The van der Waals surface area contributed by atoms with Gasteiger partial charge in [0.2, 0.25) is 11.8 Å². The average Bonchev–Trinajstić information content (AvgIpc) is 2.93. The van der Waals surface area contributed by atoms with E-state index in [0.717, 1.165) is 16.3 Å². The minimum Gasteiger partial charge on any atom is -0.352 e. The fourth-order valence-electron chi connectivity index (χ4n) is 4.13. The van der Waals surface area contributed by atoms with Gasteiger partial charge in [0.15, 0.2) is 0 Å². The van der Waals surface area contributed by atoms with Crippen LogP contribution in [0.15, 0.2) is 83.8 Å². The third kappa shape index (κ3) is 7.61. The van der Waals surface area contributed by atoms with Crippen molar-refractivity contribution in [1.82, 2.24) is 10.2 Å². The number of hydrogen-bond donors (Lipinski definition) is 1. The van der Waals surface area contributed by atoms with Gasteiger partial charge in [-0.25, -0.2) is 8.42 Å². The quantitative estimate of drug-likeness (QED) is 0.309. The Kier molecular flexibility index (Phi) is 10.5. The molecule has 7 nitrogen and oxygen atoms in total. The van der Waals surface area contributed by atoms with Crippen LogP contribution >= 0.6 is 11.6 Å². The monoisotopic (exact) mass is 569 g/mol. The van der Waals surface area contributed by atoms with Crippen LogP contribution in [0.2, 0.25) is 5.02 Å². The molecule has 0 fully saturated rings. The SMILES string of the molecule is CCC(C)NC(=O)C(CC)N(Cc1ccccc1Cl)C(=O)CN(c1ccc(C)cc1)S(=O)(=O)c1ccccc1. The van der Waals surface area contributed by atoms with E-state index in [0.29, 0.717) is 22.7 Å². The molecule has 0 bridgehead atoms. The van der Waals surface area contributed by atoms with Gasteiger partial charge in [-0.1, -0.05) is 79.5 Å². The van der Waals surface area contributed by atoms with Crippen molar-refractivity contribution in [3.05, 3.63) is 95.0 Å². The Morgan fingerprint density at radius 3 is 2.10 bits per heavy atom. The minimum absolute atomic E-state index is 0.0536. The molecule has 39 heavy (non-hydrogen) atoms. The second-order valence-corrected chi connectivity index (χ2v) is 11.8. The molecule has 0 aromatic heterocycles. The highest BCUT2D eigenvalue weighted by Crippen LogP contribution is 2.26. The maximum absolute atomic E-state index is 14.0. The topological polar surface area (TPSA) is 86.8 Å². The zero-order chi connectivity index (χ0) is 28.6. The summed E-state index contributed by atoms with van der Waals surface area (Å²) in [7, 11) is -4.09. The van der Waals surface area contributed by atoms with Crippen molar-refractivity contribution < 1.29 is 18.0 Å². The molecule has 2 atom stereocenters. The summed E-state index contributed by atoms with van der Waals surface area (Å²) in [6.45, 7) is 7.16. The fraction of sp³-hybridized carbons (Fsp3) is 0.333. The summed E-state index contributed by atoms with van der Waals surface area (Å²) >= 11 is 6.43. The van der Waals surface area contributed by atoms with Crippen molar-refractivity contribution in [1.29, 1.82) is 0 Å². The van der Waals surface area contributed by atoms with Crippen molar-refractivity contribution in [3.63, 3.8) is 0 Å². The highest BCUT2D eigenvalue weighted by Gasteiger charge is 2.34. The number of sulfonamides is 1. The molecule has 208 valence electrons. The van der Waals surface area contributed by atoms with Crippen LogP contribution in [0.4, 0.5) is 5.69 Å². The van der Waals surface area contributed by atoms with Crippen LogP contribution < -0.4 is 9.62 Å². The van der Waals surface area contributed by atoms with E-state index < -0.39 is 28.5 Å². The summed E-state index contributed by atoms with van der Waals surface area (Å²) < 4.78 is 28.7. The standard InChI is InChI=1S/C30H36ClN3O4S/c1-5-23(4)32-30(36)28(6-2)33(20-24-12-10-11-15-27(24)31)29(35)21-34(25-18-16-22(3)17-19-25)39(37,38)26-13-8-7-9-14-26/h7-19,23,28H,5-6,20-21H2,1-4H3,(H,32,36).